The van der Waals surface area contributed by atoms with Crippen molar-refractivity contribution in [1.29, 1.82) is 0 Å². The molecule has 4 nitrogen and oxygen atoms in total. The molecular weight excluding hydrogens is 410 g/mol. The first-order valence-corrected chi connectivity index (χ1v) is 13.1. The maximum atomic E-state index is 12.9. The van der Waals surface area contributed by atoms with Gasteiger partial charge in [0.05, 0.1) is 13.2 Å². The summed E-state index contributed by atoms with van der Waals surface area (Å²) in [4.78, 5) is 15.0. The van der Waals surface area contributed by atoms with Crippen LogP contribution in [0, 0.1) is 0 Å². The zero-order chi connectivity index (χ0) is 22.4. The van der Waals surface area contributed by atoms with E-state index in [0.29, 0.717) is 24.2 Å². The number of hydrogen-bond donors (Lipinski definition) is 0. The summed E-state index contributed by atoms with van der Waals surface area (Å²) in [5.74, 6) is 3.62. The SMILES string of the molecule is CCC(=O)N(CC[C@@H]1CCc2ccc3c(c21)CCO3)CC[C@@H]1CCc2ccc3c(c21)CCO3. The van der Waals surface area contributed by atoms with Gasteiger partial charge in [-0.15, -0.1) is 0 Å². The average Bonchev–Trinajstić information content (AvgIpc) is 3.62. The summed E-state index contributed by atoms with van der Waals surface area (Å²) < 4.78 is 11.7. The number of rotatable bonds is 7. The maximum absolute atomic E-state index is 12.9. The van der Waals surface area contributed by atoms with Crippen molar-refractivity contribution in [1.82, 2.24) is 4.90 Å². The van der Waals surface area contributed by atoms with Gasteiger partial charge in [0.25, 0.3) is 0 Å². The number of nitrogens with zero attached hydrogens (tertiary/aromatic N) is 1. The number of carbonyl (C=O) groups is 1. The molecule has 0 saturated carbocycles. The molecule has 0 radical (unpaired) electrons. The second-order valence-electron chi connectivity index (χ2n) is 10.2. The number of carbonyl (C=O) groups excluding carboxylic acids is 1. The predicted octanol–water partition coefficient (Wildman–Crippen LogP) is 5.34. The Labute approximate surface area is 197 Å². The van der Waals surface area contributed by atoms with Gasteiger partial charge in [-0.2, -0.15) is 0 Å². The van der Waals surface area contributed by atoms with E-state index in [0.717, 1.165) is 63.5 Å². The summed E-state index contributed by atoms with van der Waals surface area (Å²) in [6.07, 6.45) is 9.57. The highest BCUT2D eigenvalue weighted by atomic mass is 16.5. The molecule has 2 atom stereocenters. The molecule has 174 valence electrons. The van der Waals surface area contributed by atoms with Crippen LogP contribution in [0.15, 0.2) is 24.3 Å². The second-order valence-corrected chi connectivity index (χ2v) is 10.2. The molecule has 2 aromatic carbocycles. The van der Waals surface area contributed by atoms with Crippen molar-refractivity contribution < 1.29 is 14.3 Å². The second kappa shape index (κ2) is 8.70. The third-order valence-corrected chi connectivity index (χ3v) is 8.52. The summed E-state index contributed by atoms with van der Waals surface area (Å²) >= 11 is 0. The van der Waals surface area contributed by atoms with Crippen LogP contribution in [0.25, 0.3) is 0 Å². The lowest BCUT2D eigenvalue weighted by Crippen LogP contribution is -2.33. The van der Waals surface area contributed by atoms with Crippen LogP contribution < -0.4 is 9.47 Å². The molecule has 0 aromatic heterocycles. The molecule has 6 rings (SSSR count). The number of fused-ring (bicyclic) bond motifs is 6. The van der Waals surface area contributed by atoms with E-state index >= 15 is 0 Å². The van der Waals surface area contributed by atoms with Gasteiger partial charge in [0.15, 0.2) is 0 Å². The van der Waals surface area contributed by atoms with Gasteiger partial charge in [-0.05, 0) is 84.7 Å². The molecule has 2 aromatic rings. The van der Waals surface area contributed by atoms with Crippen molar-refractivity contribution in [3.8, 4) is 11.5 Å². The van der Waals surface area contributed by atoms with Crippen LogP contribution in [0.5, 0.6) is 11.5 Å². The molecule has 0 spiro atoms. The fourth-order valence-corrected chi connectivity index (χ4v) is 6.89. The molecule has 33 heavy (non-hydrogen) atoms. The standard InChI is InChI=1S/C29H35NO3/c1-2-27(31)30(15-11-21-5-3-19-7-9-25-23(28(19)21)13-17-32-25)16-12-22-6-4-20-8-10-26-24(29(20)22)14-18-33-26/h7-10,21-22H,2-6,11-18H2,1H3/t21-,22-/m0/s1. The van der Waals surface area contributed by atoms with Gasteiger partial charge in [0.1, 0.15) is 11.5 Å². The van der Waals surface area contributed by atoms with Gasteiger partial charge in [-0.3, -0.25) is 4.79 Å². The number of aryl methyl sites for hydroxylation is 2. The summed E-state index contributed by atoms with van der Waals surface area (Å²) in [7, 11) is 0. The number of ether oxygens (including phenoxy) is 2. The van der Waals surface area contributed by atoms with E-state index in [-0.39, 0.29) is 0 Å². The lowest BCUT2D eigenvalue weighted by Gasteiger charge is -2.26. The maximum Gasteiger partial charge on any atom is 0.222 e. The zero-order valence-corrected chi connectivity index (χ0v) is 19.8. The quantitative estimate of drug-likeness (QED) is 0.578. The highest BCUT2D eigenvalue weighted by Crippen LogP contribution is 2.45. The minimum atomic E-state index is 0.301. The van der Waals surface area contributed by atoms with Gasteiger partial charge >= 0.3 is 0 Å². The number of amides is 1. The smallest absolute Gasteiger partial charge is 0.222 e. The fraction of sp³-hybridized carbons (Fsp3) is 0.552. The van der Waals surface area contributed by atoms with Crippen LogP contribution in [0.3, 0.4) is 0 Å². The highest BCUT2D eigenvalue weighted by molar-refractivity contribution is 5.75. The van der Waals surface area contributed by atoms with Crippen LogP contribution >= 0.6 is 0 Å². The normalized spacial score (nSPS) is 21.7. The topological polar surface area (TPSA) is 38.8 Å². The Morgan fingerprint density at radius 3 is 1.82 bits per heavy atom. The molecule has 2 aliphatic heterocycles. The third kappa shape index (κ3) is 3.72. The van der Waals surface area contributed by atoms with E-state index in [1.54, 1.807) is 11.1 Å². The Morgan fingerprint density at radius 2 is 1.33 bits per heavy atom. The van der Waals surface area contributed by atoms with Crippen molar-refractivity contribution >= 4 is 5.91 Å². The molecule has 0 N–H and O–H groups in total. The largest absolute Gasteiger partial charge is 0.493 e. The predicted molar refractivity (Wildman–Crippen MR) is 130 cm³/mol. The van der Waals surface area contributed by atoms with Crippen LogP contribution in [-0.2, 0) is 30.5 Å². The number of benzene rings is 2. The van der Waals surface area contributed by atoms with E-state index in [9.17, 15) is 4.79 Å². The summed E-state index contributed by atoms with van der Waals surface area (Å²) in [5, 5.41) is 0. The monoisotopic (exact) mass is 445 g/mol. The summed E-state index contributed by atoms with van der Waals surface area (Å²) in [6.45, 7) is 5.38. The Bertz CT molecular complexity index is 998. The van der Waals surface area contributed by atoms with Crippen LogP contribution in [0.1, 0.15) is 84.2 Å². The van der Waals surface area contributed by atoms with Gasteiger partial charge in [0.2, 0.25) is 5.91 Å². The molecule has 4 heteroatoms. The van der Waals surface area contributed by atoms with Crippen LogP contribution in [0.4, 0.5) is 0 Å². The summed E-state index contributed by atoms with van der Waals surface area (Å²) in [6, 6.07) is 8.87. The van der Waals surface area contributed by atoms with E-state index in [1.165, 1.54) is 47.9 Å². The molecular formula is C29H35NO3. The fourth-order valence-electron chi connectivity index (χ4n) is 6.89. The van der Waals surface area contributed by atoms with Gasteiger partial charge in [0, 0.05) is 43.5 Å². The Morgan fingerprint density at radius 1 is 0.818 bits per heavy atom. The van der Waals surface area contributed by atoms with Crippen molar-refractivity contribution in [2.24, 2.45) is 0 Å². The molecule has 0 fully saturated rings. The zero-order valence-electron chi connectivity index (χ0n) is 19.8. The lowest BCUT2D eigenvalue weighted by atomic mass is 9.91. The molecule has 4 aliphatic rings. The molecule has 0 saturated heterocycles. The van der Waals surface area contributed by atoms with Crippen molar-refractivity contribution in [3.05, 3.63) is 57.6 Å². The van der Waals surface area contributed by atoms with E-state index in [4.69, 9.17) is 9.47 Å². The molecule has 1 amide bonds. The highest BCUT2D eigenvalue weighted by Gasteiger charge is 2.32. The van der Waals surface area contributed by atoms with Crippen molar-refractivity contribution in [3.63, 3.8) is 0 Å². The Balaban J connectivity index is 1.14. The van der Waals surface area contributed by atoms with Crippen LogP contribution in [-0.4, -0.2) is 37.1 Å². The van der Waals surface area contributed by atoms with E-state index in [2.05, 4.69) is 29.2 Å². The summed E-state index contributed by atoms with van der Waals surface area (Å²) in [5.41, 5.74) is 9.01. The molecule has 0 unspecified atom stereocenters. The van der Waals surface area contributed by atoms with E-state index in [1.807, 2.05) is 6.92 Å². The van der Waals surface area contributed by atoms with Crippen molar-refractivity contribution in [2.75, 3.05) is 26.3 Å². The van der Waals surface area contributed by atoms with Gasteiger partial charge in [-0.25, -0.2) is 0 Å². The van der Waals surface area contributed by atoms with Crippen molar-refractivity contribution in [2.45, 2.75) is 76.5 Å². The first-order chi connectivity index (χ1) is 16.2. The first kappa shape index (κ1) is 21.1. The Kier molecular flexibility index (Phi) is 5.55. The van der Waals surface area contributed by atoms with E-state index < -0.39 is 0 Å². The first-order valence-electron chi connectivity index (χ1n) is 13.1. The minimum absolute atomic E-state index is 0.301. The number of hydrogen-bond acceptors (Lipinski definition) is 3. The third-order valence-electron chi connectivity index (χ3n) is 8.52. The van der Waals surface area contributed by atoms with Gasteiger partial charge < -0.3 is 14.4 Å². The lowest BCUT2D eigenvalue weighted by molar-refractivity contribution is -0.131. The molecule has 2 heterocycles. The Hall–Kier alpha value is -2.49. The van der Waals surface area contributed by atoms with Crippen LogP contribution in [0.2, 0.25) is 0 Å². The molecule has 2 aliphatic carbocycles. The average molecular weight is 446 g/mol. The molecule has 0 bridgehead atoms. The minimum Gasteiger partial charge on any atom is -0.493 e. The van der Waals surface area contributed by atoms with Gasteiger partial charge in [-0.1, -0.05) is 19.1 Å².